The monoisotopic (exact) mass is 225 g/mol. The Balaban J connectivity index is 1.69. The molecule has 3 aliphatic rings. The van der Waals surface area contributed by atoms with Crippen molar-refractivity contribution in [3.63, 3.8) is 0 Å². The predicted octanol–water partition coefficient (Wildman–Crippen LogP) is 1.52. The molecule has 4 unspecified atom stereocenters. The van der Waals surface area contributed by atoms with Crippen LogP contribution in [0.15, 0.2) is 0 Å². The average Bonchev–Trinajstić information content (AvgIpc) is 2.05. The van der Waals surface area contributed by atoms with Crippen molar-refractivity contribution < 1.29 is 14.6 Å². The van der Waals surface area contributed by atoms with E-state index in [4.69, 9.17) is 4.74 Å². The molecule has 1 aliphatic heterocycles. The van der Waals surface area contributed by atoms with Crippen LogP contribution in [0, 0.1) is 5.41 Å². The first-order valence-corrected chi connectivity index (χ1v) is 6.05. The Bertz CT molecular complexity index is 341. The first-order chi connectivity index (χ1) is 7.36. The lowest BCUT2D eigenvalue weighted by Gasteiger charge is -2.77. The fraction of sp³-hybridized carbons (Fsp3) is 0.917. The van der Waals surface area contributed by atoms with Crippen molar-refractivity contribution in [1.29, 1.82) is 0 Å². The summed E-state index contributed by atoms with van der Waals surface area (Å²) in [7, 11) is 0. The van der Waals surface area contributed by atoms with Gasteiger partial charge in [0.25, 0.3) is 0 Å². The van der Waals surface area contributed by atoms with E-state index >= 15 is 0 Å². The van der Waals surface area contributed by atoms with Crippen LogP contribution in [0.25, 0.3) is 0 Å². The van der Waals surface area contributed by atoms with Crippen molar-refractivity contribution in [1.82, 2.24) is 4.90 Å². The van der Waals surface area contributed by atoms with Crippen molar-refractivity contribution >= 4 is 6.09 Å². The minimum absolute atomic E-state index is 0.0664. The first kappa shape index (κ1) is 10.4. The zero-order chi connectivity index (χ0) is 11.7. The third-order valence-electron chi connectivity index (χ3n) is 4.43. The van der Waals surface area contributed by atoms with E-state index in [-0.39, 0.29) is 29.7 Å². The van der Waals surface area contributed by atoms with Crippen LogP contribution in [0.3, 0.4) is 0 Å². The van der Waals surface area contributed by atoms with E-state index < -0.39 is 5.60 Å². The van der Waals surface area contributed by atoms with Gasteiger partial charge in [0.1, 0.15) is 5.60 Å². The molecule has 1 saturated heterocycles. The molecule has 0 aromatic carbocycles. The zero-order valence-corrected chi connectivity index (χ0v) is 10.1. The maximum atomic E-state index is 11.9. The molecule has 16 heavy (non-hydrogen) atoms. The molecule has 0 aromatic heterocycles. The fourth-order valence-electron chi connectivity index (χ4n) is 3.57. The molecule has 90 valence electrons. The third-order valence-corrected chi connectivity index (χ3v) is 4.43. The molecule has 2 saturated carbocycles. The lowest BCUT2D eigenvalue weighted by atomic mass is 9.41. The number of rotatable bonds is 0. The van der Waals surface area contributed by atoms with E-state index in [0.29, 0.717) is 0 Å². The Hall–Kier alpha value is -0.770. The second-order valence-corrected chi connectivity index (χ2v) is 6.32. The number of hydrogen-bond donors (Lipinski definition) is 1. The summed E-state index contributed by atoms with van der Waals surface area (Å²) in [6.45, 7) is 5.65. The van der Waals surface area contributed by atoms with Gasteiger partial charge in [-0.15, -0.1) is 0 Å². The molecule has 2 aliphatic carbocycles. The number of amides is 1. The fourth-order valence-corrected chi connectivity index (χ4v) is 3.57. The Labute approximate surface area is 95.6 Å². The predicted molar refractivity (Wildman–Crippen MR) is 57.9 cm³/mol. The summed E-state index contributed by atoms with van der Waals surface area (Å²) in [6.07, 6.45) is 2.44. The summed E-state index contributed by atoms with van der Waals surface area (Å²) in [5.41, 5.74) is -0.363. The van der Waals surface area contributed by atoms with Crippen LogP contribution in [-0.2, 0) is 4.74 Å². The standard InChI is InChI=1S/C12H19NO3/c1-11(2,3)16-10(15)13-7-4-5-12(7)8(13)6-9(12)14/h7-9,14H,4-6H2,1-3H3. The summed E-state index contributed by atoms with van der Waals surface area (Å²) in [4.78, 5) is 13.8. The molecule has 1 heterocycles. The molecule has 4 heteroatoms. The lowest BCUT2D eigenvalue weighted by molar-refractivity contribution is -0.306. The second-order valence-electron chi connectivity index (χ2n) is 6.32. The Morgan fingerprint density at radius 2 is 2.12 bits per heavy atom. The van der Waals surface area contributed by atoms with Gasteiger partial charge >= 0.3 is 6.09 Å². The molecule has 3 rings (SSSR count). The van der Waals surface area contributed by atoms with Gasteiger partial charge in [-0.3, -0.25) is 0 Å². The van der Waals surface area contributed by atoms with E-state index in [1.807, 2.05) is 25.7 Å². The molecule has 1 spiro atoms. The minimum Gasteiger partial charge on any atom is -0.444 e. The van der Waals surface area contributed by atoms with Crippen molar-refractivity contribution in [3.05, 3.63) is 0 Å². The van der Waals surface area contributed by atoms with Gasteiger partial charge in [-0.25, -0.2) is 4.79 Å². The molecule has 4 atom stereocenters. The summed E-state index contributed by atoms with van der Waals surface area (Å²) in [5, 5.41) is 9.77. The van der Waals surface area contributed by atoms with E-state index in [1.54, 1.807) is 0 Å². The number of carbonyl (C=O) groups excluding carboxylic acids is 1. The molecule has 0 radical (unpaired) electrons. The number of nitrogens with zero attached hydrogens (tertiary/aromatic N) is 1. The molecular weight excluding hydrogens is 206 g/mol. The van der Waals surface area contributed by atoms with Crippen LogP contribution < -0.4 is 0 Å². The lowest BCUT2D eigenvalue weighted by Crippen LogP contribution is -2.87. The van der Waals surface area contributed by atoms with Crippen LogP contribution in [0.1, 0.15) is 40.0 Å². The van der Waals surface area contributed by atoms with Gasteiger partial charge in [-0.1, -0.05) is 0 Å². The van der Waals surface area contributed by atoms with Crippen LogP contribution in [0.4, 0.5) is 4.79 Å². The highest BCUT2D eigenvalue weighted by Gasteiger charge is 2.76. The SMILES string of the molecule is CC(C)(C)OC(=O)N1C2CCC23C(O)CC13. The Morgan fingerprint density at radius 3 is 2.50 bits per heavy atom. The first-order valence-electron chi connectivity index (χ1n) is 6.05. The largest absolute Gasteiger partial charge is 0.444 e. The molecule has 1 N–H and O–H groups in total. The van der Waals surface area contributed by atoms with Crippen LogP contribution in [-0.4, -0.2) is 39.9 Å². The van der Waals surface area contributed by atoms with Crippen molar-refractivity contribution in [2.75, 3.05) is 0 Å². The number of likely N-dealkylation sites (tertiary alicyclic amines) is 1. The minimum atomic E-state index is -0.429. The van der Waals surface area contributed by atoms with Crippen LogP contribution >= 0.6 is 0 Å². The molecule has 3 fully saturated rings. The van der Waals surface area contributed by atoms with Crippen LogP contribution in [0.5, 0.6) is 0 Å². The number of ether oxygens (including phenoxy) is 1. The van der Waals surface area contributed by atoms with Gasteiger partial charge in [0.2, 0.25) is 0 Å². The molecule has 4 nitrogen and oxygen atoms in total. The maximum Gasteiger partial charge on any atom is 0.410 e. The number of aliphatic hydroxyl groups is 1. The van der Waals surface area contributed by atoms with Gasteiger partial charge in [0, 0.05) is 17.5 Å². The van der Waals surface area contributed by atoms with Gasteiger partial charge < -0.3 is 14.7 Å². The Kier molecular flexibility index (Phi) is 1.77. The highest BCUT2D eigenvalue weighted by atomic mass is 16.6. The van der Waals surface area contributed by atoms with Crippen molar-refractivity contribution in [2.45, 2.75) is 63.8 Å². The smallest absolute Gasteiger partial charge is 0.410 e. The highest BCUT2D eigenvalue weighted by molar-refractivity contribution is 5.72. The normalized spacial score (nSPS) is 44.5. The quantitative estimate of drug-likeness (QED) is 0.680. The number of hydrogen-bond acceptors (Lipinski definition) is 3. The van der Waals surface area contributed by atoms with E-state index in [0.717, 1.165) is 19.3 Å². The number of carbonyl (C=O) groups is 1. The Morgan fingerprint density at radius 1 is 1.44 bits per heavy atom. The number of piperidine rings is 2. The number of aliphatic hydroxyl groups excluding tert-OH is 1. The van der Waals surface area contributed by atoms with E-state index in [1.165, 1.54) is 0 Å². The van der Waals surface area contributed by atoms with Crippen molar-refractivity contribution in [2.24, 2.45) is 5.41 Å². The summed E-state index contributed by atoms with van der Waals surface area (Å²) >= 11 is 0. The van der Waals surface area contributed by atoms with Gasteiger partial charge in [0.15, 0.2) is 0 Å². The van der Waals surface area contributed by atoms with Gasteiger partial charge in [-0.2, -0.15) is 0 Å². The molecular formula is C12H19NO3. The average molecular weight is 225 g/mol. The van der Waals surface area contributed by atoms with Gasteiger partial charge in [-0.05, 0) is 40.0 Å². The molecule has 0 aromatic rings. The second kappa shape index (κ2) is 2.73. The third kappa shape index (κ3) is 1.01. The summed E-state index contributed by atoms with van der Waals surface area (Å²) in [5.74, 6) is 0. The highest BCUT2D eigenvalue weighted by Crippen LogP contribution is 2.68. The zero-order valence-electron chi connectivity index (χ0n) is 10.1. The van der Waals surface area contributed by atoms with Crippen LogP contribution in [0.2, 0.25) is 0 Å². The topological polar surface area (TPSA) is 49.8 Å². The maximum absolute atomic E-state index is 11.9. The molecule has 0 bridgehead atoms. The van der Waals surface area contributed by atoms with E-state index in [9.17, 15) is 9.90 Å². The van der Waals surface area contributed by atoms with E-state index in [2.05, 4.69) is 0 Å². The summed E-state index contributed by atoms with van der Waals surface area (Å²) in [6, 6.07) is 0.493. The van der Waals surface area contributed by atoms with Crippen molar-refractivity contribution in [3.8, 4) is 0 Å². The molecule has 1 amide bonds. The van der Waals surface area contributed by atoms with Gasteiger partial charge in [0.05, 0.1) is 6.10 Å². The summed E-state index contributed by atoms with van der Waals surface area (Å²) < 4.78 is 5.38.